The maximum atomic E-state index is 12.5. The molecule has 1 aromatic carbocycles. The van der Waals surface area contributed by atoms with Gasteiger partial charge in [0.25, 0.3) is 0 Å². The van der Waals surface area contributed by atoms with Crippen LogP contribution in [0.15, 0.2) is 18.2 Å². The van der Waals surface area contributed by atoms with Crippen molar-refractivity contribution in [3.05, 3.63) is 29.3 Å². The molecule has 142 valence electrons. The number of aryl methyl sites for hydroxylation is 1. The summed E-state index contributed by atoms with van der Waals surface area (Å²) in [5, 5.41) is 4.29. The quantitative estimate of drug-likeness (QED) is 0.855. The second-order valence-corrected chi connectivity index (χ2v) is 6.82. The number of rotatable bonds is 5. The van der Waals surface area contributed by atoms with Crippen molar-refractivity contribution in [2.45, 2.75) is 38.8 Å². The van der Waals surface area contributed by atoms with Crippen molar-refractivity contribution < 1.29 is 19.2 Å². The third kappa shape index (κ3) is 4.34. The molecule has 3 rings (SSSR count). The molecule has 2 aliphatic heterocycles. The fourth-order valence-electron chi connectivity index (χ4n) is 3.51. The molecule has 0 aliphatic carbocycles. The number of methoxy groups -OCH3 is 1. The van der Waals surface area contributed by atoms with E-state index in [1.54, 1.807) is 7.11 Å². The van der Waals surface area contributed by atoms with Gasteiger partial charge in [0.05, 0.1) is 26.2 Å². The van der Waals surface area contributed by atoms with Gasteiger partial charge in [0.1, 0.15) is 5.75 Å². The summed E-state index contributed by atoms with van der Waals surface area (Å²) >= 11 is 0. The SMILES string of the molecule is COc1ccc(CN2CCNC(=O)C2CC(=O)N2CCCCO2)cc1C. The van der Waals surface area contributed by atoms with Crippen LogP contribution in [0, 0.1) is 6.92 Å². The summed E-state index contributed by atoms with van der Waals surface area (Å²) in [6.45, 7) is 5.10. The van der Waals surface area contributed by atoms with Gasteiger partial charge in [0.2, 0.25) is 11.8 Å². The minimum atomic E-state index is -0.468. The number of hydrogen-bond donors (Lipinski definition) is 1. The lowest BCUT2D eigenvalue weighted by atomic mass is 10.0. The fourth-order valence-corrected chi connectivity index (χ4v) is 3.51. The summed E-state index contributed by atoms with van der Waals surface area (Å²) in [5.74, 6) is 0.633. The van der Waals surface area contributed by atoms with Crippen LogP contribution in [0.3, 0.4) is 0 Å². The minimum Gasteiger partial charge on any atom is -0.496 e. The van der Waals surface area contributed by atoms with Crippen LogP contribution in [-0.2, 0) is 21.0 Å². The number of hydroxylamine groups is 2. The Kier molecular flexibility index (Phi) is 6.11. The van der Waals surface area contributed by atoms with Crippen LogP contribution in [-0.4, -0.2) is 61.2 Å². The summed E-state index contributed by atoms with van der Waals surface area (Å²) in [4.78, 5) is 32.4. The number of nitrogens with zero attached hydrogens (tertiary/aromatic N) is 2. The van der Waals surface area contributed by atoms with E-state index in [1.165, 1.54) is 5.06 Å². The average molecular weight is 361 g/mol. The highest BCUT2D eigenvalue weighted by Gasteiger charge is 2.33. The third-order valence-corrected chi connectivity index (χ3v) is 4.94. The summed E-state index contributed by atoms with van der Waals surface area (Å²) in [6, 6.07) is 5.54. The zero-order valence-electron chi connectivity index (χ0n) is 15.5. The van der Waals surface area contributed by atoms with E-state index >= 15 is 0 Å². The van der Waals surface area contributed by atoms with E-state index in [9.17, 15) is 9.59 Å². The van der Waals surface area contributed by atoms with Crippen LogP contribution >= 0.6 is 0 Å². The first-order chi connectivity index (χ1) is 12.6. The monoisotopic (exact) mass is 361 g/mol. The first kappa shape index (κ1) is 18.7. The zero-order valence-corrected chi connectivity index (χ0v) is 15.5. The lowest BCUT2D eigenvalue weighted by Gasteiger charge is -2.36. The smallest absolute Gasteiger partial charge is 0.248 e. The van der Waals surface area contributed by atoms with E-state index < -0.39 is 6.04 Å². The van der Waals surface area contributed by atoms with Crippen LogP contribution in [0.1, 0.15) is 30.4 Å². The Hall–Kier alpha value is -2.12. The first-order valence-electron chi connectivity index (χ1n) is 9.17. The van der Waals surface area contributed by atoms with Crippen molar-refractivity contribution in [2.75, 3.05) is 33.4 Å². The molecule has 2 aliphatic rings. The molecular formula is C19H27N3O4. The van der Waals surface area contributed by atoms with Crippen LogP contribution in [0.2, 0.25) is 0 Å². The summed E-state index contributed by atoms with van der Waals surface area (Å²) in [7, 11) is 1.65. The van der Waals surface area contributed by atoms with E-state index in [-0.39, 0.29) is 18.2 Å². The molecule has 2 fully saturated rings. The molecule has 1 atom stereocenters. The van der Waals surface area contributed by atoms with Gasteiger partial charge >= 0.3 is 0 Å². The third-order valence-electron chi connectivity index (χ3n) is 4.94. The van der Waals surface area contributed by atoms with E-state index in [0.717, 1.165) is 36.3 Å². The molecule has 26 heavy (non-hydrogen) atoms. The van der Waals surface area contributed by atoms with Gasteiger partial charge in [0.15, 0.2) is 0 Å². The molecule has 0 saturated carbocycles. The van der Waals surface area contributed by atoms with Crippen molar-refractivity contribution in [1.29, 1.82) is 0 Å². The Balaban J connectivity index is 1.68. The lowest BCUT2D eigenvalue weighted by molar-refractivity contribution is -0.198. The number of ether oxygens (including phenoxy) is 1. The van der Waals surface area contributed by atoms with Gasteiger partial charge in [-0.2, -0.15) is 0 Å². The van der Waals surface area contributed by atoms with Crippen LogP contribution in [0.5, 0.6) is 5.75 Å². The Labute approximate surface area is 154 Å². The van der Waals surface area contributed by atoms with Crippen molar-refractivity contribution in [1.82, 2.24) is 15.3 Å². The Morgan fingerprint density at radius 3 is 2.88 bits per heavy atom. The van der Waals surface area contributed by atoms with Gasteiger partial charge in [-0.05, 0) is 37.0 Å². The molecule has 2 saturated heterocycles. The minimum absolute atomic E-state index is 0.0909. The predicted molar refractivity (Wildman–Crippen MR) is 96.5 cm³/mol. The van der Waals surface area contributed by atoms with Gasteiger partial charge in [-0.15, -0.1) is 0 Å². The van der Waals surface area contributed by atoms with Crippen LogP contribution in [0.4, 0.5) is 0 Å². The topological polar surface area (TPSA) is 71.1 Å². The molecule has 7 heteroatoms. The number of carbonyl (C=O) groups is 2. The molecule has 0 spiro atoms. The molecular weight excluding hydrogens is 334 g/mol. The second kappa shape index (κ2) is 8.51. The van der Waals surface area contributed by atoms with E-state index in [4.69, 9.17) is 9.57 Å². The Morgan fingerprint density at radius 1 is 1.35 bits per heavy atom. The molecule has 1 unspecified atom stereocenters. The average Bonchev–Trinajstić information content (AvgIpc) is 2.65. The molecule has 1 aromatic rings. The predicted octanol–water partition coefficient (Wildman–Crippen LogP) is 1.25. The van der Waals surface area contributed by atoms with Gasteiger partial charge in [-0.3, -0.25) is 19.3 Å². The zero-order chi connectivity index (χ0) is 18.5. The Bertz CT molecular complexity index is 658. The first-order valence-corrected chi connectivity index (χ1v) is 9.17. The maximum absolute atomic E-state index is 12.5. The van der Waals surface area contributed by atoms with Gasteiger partial charge in [-0.1, -0.05) is 12.1 Å². The fraction of sp³-hybridized carbons (Fsp3) is 0.579. The highest BCUT2D eigenvalue weighted by molar-refractivity contribution is 5.88. The summed E-state index contributed by atoms with van der Waals surface area (Å²) in [5.41, 5.74) is 2.16. The number of carbonyl (C=O) groups excluding carboxylic acids is 2. The standard InChI is InChI=1S/C19H27N3O4/c1-14-11-15(5-6-17(14)25-2)13-21-9-7-20-19(24)16(21)12-18(23)22-8-3-4-10-26-22/h5-6,11,16H,3-4,7-10,12-13H2,1-2H3,(H,20,24). The van der Waals surface area contributed by atoms with Gasteiger partial charge in [-0.25, -0.2) is 5.06 Å². The lowest BCUT2D eigenvalue weighted by Crippen LogP contribution is -2.56. The van der Waals surface area contributed by atoms with Crippen molar-refractivity contribution in [3.8, 4) is 5.75 Å². The molecule has 0 radical (unpaired) electrons. The van der Waals surface area contributed by atoms with Crippen LogP contribution in [0.25, 0.3) is 0 Å². The number of hydrogen-bond acceptors (Lipinski definition) is 5. The Morgan fingerprint density at radius 2 is 2.19 bits per heavy atom. The summed E-state index contributed by atoms with van der Waals surface area (Å²) < 4.78 is 5.31. The second-order valence-electron chi connectivity index (χ2n) is 6.82. The number of piperazine rings is 1. The highest BCUT2D eigenvalue weighted by atomic mass is 16.7. The summed E-state index contributed by atoms with van der Waals surface area (Å²) in [6.07, 6.45) is 2.05. The molecule has 0 aromatic heterocycles. The maximum Gasteiger partial charge on any atom is 0.248 e. The number of benzene rings is 1. The van der Waals surface area contributed by atoms with E-state index in [0.29, 0.717) is 26.2 Å². The molecule has 2 heterocycles. The van der Waals surface area contributed by atoms with E-state index in [2.05, 4.69) is 16.3 Å². The molecule has 0 bridgehead atoms. The normalized spacial score (nSPS) is 21.4. The van der Waals surface area contributed by atoms with Crippen molar-refractivity contribution >= 4 is 11.8 Å². The van der Waals surface area contributed by atoms with Gasteiger partial charge < -0.3 is 10.1 Å². The number of amides is 2. The van der Waals surface area contributed by atoms with E-state index in [1.807, 2.05) is 19.1 Å². The molecule has 7 nitrogen and oxygen atoms in total. The number of nitrogens with one attached hydrogen (secondary N) is 1. The van der Waals surface area contributed by atoms with Crippen molar-refractivity contribution in [3.63, 3.8) is 0 Å². The van der Waals surface area contributed by atoms with Crippen molar-refractivity contribution in [2.24, 2.45) is 0 Å². The van der Waals surface area contributed by atoms with Gasteiger partial charge in [0, 0.05) is 26.2 Å². The largest absolute Gasteiger partial charge is 0.496 e. The molecule has 2 amide bonds. The molecule has 1 N–H and O–H groups in total. The van der Waals surface area contributed by atoms with Crippen LogP contribution < -0.4 is 10.1 Å². The highest BCUT2D eigenvalue weighted by Crippen LogP contribution is 2.21.